The minimum atomic E-state index is -0.809. The van der Waals surface area contributed by atoms with Crippen LogP contribution in [0.3, 0.4) is 0 Å². The Balaban J connectivity index is 1.12. The van der Waals surface area contributed by atoms with Crippen molar-refractivity contribution in [1.29, 1.82) is 0 Å². The van der Waals surface area contributed by atoms with Crippen LogP contribution in [0.4, 0.5) is 5.69 Å². The summed E-state index contributed by atoms with van der Waals surface area (Å²) >= 11 is 3.25. The van der Waals surface area contributed by atoms with Crippen molar-refractivity contribution >= 4 is 50.8 Å². The highest BCUT2D eigenvalue weighted by molar-refractivity contribution is 9.12. The number of anilines is 1. The Morgan fingerprint density at radius 1 is 0.824 bits per heavy atom. The van der Waals surface area contributed by atoms with Gasteiger partial charge in [-0.2, -0.15) is 0 Å². The van der Waals surface area contributed by atoms with Crippen LogP contribution in [0.25, 0.3) is 0 Å². The van der Waals surface area contributed by atoms with Gasteiger partial charge in [-0.05, 0) is 70.6 Å². The Morgan fingerprint density at radius 2 is 1.51 bits per heavy atom. The number of hydrogen-bond donors (Lipinski definition) is 1. The normalized spacial score (nSPS) is 22.6. The highest BCUT2D eigenvalue weighted by Crippen LogP contribution is 2.56. The van der Waals surface area contributed by atoms with Gasteiger partial charge in [0.1, 0.15) is 18.1 Å². The number of carbonyl (C=O) groups is 5. The van der Waals surface area contributed by atoms with E-state index < -0.39 is 29.6 Å². The maximum atomic E-state index is 14.3. The van der Waals surface area contributed by atoms with Crippen molar-refractivity contribution in [2.24, 2.45) is 17.8 Å². The molecule has 8 nitrogen and oxygen atoms in total. The molecule has 0 unspecified atom stereocenters. The molecular formula is C42H30BrNO7. The van der Waals surface area contributed by atoms with Crippen LogP contribution in [0, 0.1) is 17.8 Å². The molecule has 1 N–H and O–H groups in total. The molecular weight excluding hydrogens is 710 g/mol. The van der Waals surface area contributed by atoms with E-state index in [0.717, 1.165) is 11.1 Å². The predicted octanol–water partition coefficient (Wildman–Crippen LogP) is 7.17. The number of aromatic hydroxyl groups is 1. The van der Waals surface area contributed by atoms with Crippen LogP contribution in [0.15, 0.2) is 136 Å². The lowest BCUT2D eigenvalue weighted by molar-refractivity contribution is -0.123. The van der Waals surface area contributed by atoms with Crippen LogP contribution in [-0.2, 0) is 25.8 Å². The molecule has 1 saturated heterocycles. The first kappa shape index (κ1) is 32.5. The van der Waals surface area contributed by atoms with E-state index in [2.05, 4.69) is 15.9 Å². The van der Waals surface area contributed by atoms with Crippen molar-refractivity contribution in [3.05, 3.63) is 159 Å². The van der Waals surface area contributed by atoms with E-state index >= 15 is 0 Å². The van der Waals surface area contributed by atoms with E-state index in [9.17, 15) is 29.1 Å². The lowest BCUT2D eigenvalue weighted by Gasteiger charge is -2.42. The molecule has 4 atom stereocenters. The zero-order chi connectivity index (χ0) is 35.4. The second-order valence-corrected chi connectivity index (χ2v) is 14.0. The number of Topliss-reactive ketones (excluding diaryl/α,β-unsaturated/α-hetero) is 1. The fourth-order valence-corrected chi connectivity index (χ4v) is 8.38. The number of ether oxygens (including phenoxy) is 1. The number of ketones is 3. The number of carbonyl (C=O) groups excluding carboxylic acids is 5. The summed E-state index contributed by atoms with van der Waals surface area (Å²) < 4.78 is 6.05. The van der Waals surface area contributed by atoms with Gasteiger partial charge in [-0.15, -0.1) is 0 Å². The fourth-order valence-electron chi connectivity index (χ4n) is 7.93. The van der Waals surface area contributed by atoms with Crippen LogP contribution >= 0.6 is 15.9 Å². The molecule has 0 saturated carbocycles. The van der Waals surface area contributed by atoms with Crippen molar-refractivity contribution in [1.82, 2.24) is 0 Å². The van der Waals surface area contributed by atoms with E-state index in [-0.39, 0.29) is 57.5 Å². The molecule has 4 aromatic rings. The standard InChI is InChI=1S/C42H30BrNO7/c43-33-21-35(46)38-32(40(33)48)20-31-28(36(38)29-16-15-27(19-34(29)45)51-22-23-7-3-1-4-8-23)17-18-30-37(31)42(50)44(41(30)49)26-13-11-25(12-14-26)39(47)24-9-5-2-6-10-24/h1-17,19,21,30-31,36-37,45H,18,20,22H2/t30-,31+,36+,37-/m0/s1. The molecule has 0 spiro atoms. The molecule has 0 bridgehead atoms. The Kier molecular flexibility index (Phi) is 8.23. The summed E-state index contributed by atoms with van der Waals surface area (Å²) in [5.41, 5.74) is 3.94. The number of nitrogens with zero attached hydrogens (tertiary/aromatic N) is 1. The Morgan fingerprint density at radius 3 is 2.22 bits per heavy atom. The van der Waals surface area contributed by atoms with Crippen LogP contribution in [-0.4, -0.2) is 34.3 Å². The first-order valence-corrected chi connectivity index (χ1v) is 17.5. The molecule has 1 fully saturated rings. The minimum Gasteiger partial charge on any atom is -0.507 e. The number of imide groups is 1. The number of phenolic OH excluding ortho intramolecular Hbond substituents is 1. The monoisotopic (exact) mass is 739 g/mol. The maximum Gasteiger partial charge on any atom is 0.238 e. The average molecular weight is 741 g/mol. The highest BCUT2D eigenvalue weighted by Gasteiger charge is 2.57. The molecule has 51 heavy (non-hydrogen) atoms. The largest absolute Gasteiger partial charge is 0.507 e. The first-order chi connectivity index (χ1) is 24.7. The molecule has 1 heterocycles. The average Bonchev–Trinajstić information content (AvgIpc) is 3.41. The summed E-state index contributed by atoms with van der Waals surface area (Å²) in [6.07, 6.45) is 3.51. The van der Waals surface area contributed by atoms with Crippen molar-refractivity contribution in [3.8, 4) is 11.5 Å². The van der Waals surface area contributed by atoms with Gasteiger partial charge in [0.2, 0.25) is 11.8 Å². The number of allylic oxidation sites excluding steroid dienone is 6. The maximum absolute atomic E-state index is 14.3. The van der Waals surface area contributed by atoms with Gasteiger partial charge < -0.3 is 9.84 Å². The van der Waals surface area contributed by atoms with Crippen molar-refractivity contribution in [2.75, 3.05) is 4.90 Å². The molecule has 4 aromatic carbocycles. The van der Waals surface area contributed by atoms with Crippen molar-refractivity contribution < 1.29 is 33.8 Å². The Labute approximate surface area is 301 Å². The van der Waals surface area contributed by atoms with E-state index in [1.165, 1.54) is 17.0 Å². The van der Waals surface area contributed by atoms with Crippen LogP contribution in [0.2, 0.25) is 0 Å². The smallest absolute Gasteiger partial charge is 0.238 e. The van der Waals surface area contributed by atoms with E-state index in [1.807, 2.05) is 42.5 Å². The van der Waals surface area contributed by atoms with E-state index in [4.69, 9.17) is 4.74 Å². The number of benzene rings is 4. The molecule has 8 rings (SSSR count). The summed E-state index contributed by atoms with van der Waals surface area (Å²) in [5.74, 6) is -4.17. The number of phenols is 1. The van der Waals surface area contributed by atoms with Crippen molar-refractivity contribution in [2.45, 2.75) is 25.4 Å². The van der Waals surface area contributed by atoms with Crippen LogP contribution < -0.4 is 9.64 Å². The Hall–Kier alpha value is -5.67. The van der Waals surface area contributed by atoms with Gasteiger partial charge in [0.15, 0.2) is 17.3 Å². The lowest BCUT2D eigenvalue weighted by Crippen LogP contribution is -2.39. The number of rotatable bonds is 7. The summed E-state index contributed by atoms with van der Waals surface area (Å²) in [7, 11) is 0. The summed E-state index contributed by atoms with van der Waals surface area (Å²) in [6.45, 7) is 0.291. The van der Waals surface area contributed by atoms with Crippen molar-refractivity contribution in [3.63, 3.8) is 0 Å². The number of hydrogen-bond acceptors (Lipinski definition) is 7. The summed E-state index contributed by atoms with van der Waals surface area (Å²) in [4.78, 5) is 69.7. The third-order valence-corrected chi connectivity index (χ3v) is 10.9. The van der Waals surface area contributed by atoms with Gasteiger partial charge >= 0.3 is 0 Å². The summed E-state index contributed by atoms with van der Waals surface area (Å²) in [6, 6.07) is 29.8. The molecule has 9 heteroatoms. The highest BCUT2D eigenvalue weighted by atomic mass is 79.9. The van der Waals surface area contributed by atoms with E-state index in [1.54, 1.807) is 60.7 Å². The van der Waals surface area contributed by atoms with Crippen LogP contribution in [0.5, 0.6) is 11.5 Å². The zero-order valence-electron chi connectivity index (χ0n) is 27.1. The third kappa shape index (κ3) is 5.58. The molecule has 0 aromatic heterocycles. The lowest BCUT2D eigenvalue weighted by atomic mass is 9.59. The van der Waals surface area contributed by atoms with Gasteiger partial charge in [-0.3, -0.25) is 28.9 Å². The molecule has 0 radical (unpaired) electrons. The minimum absolute atomic E-state index is 0.1000. The molecule has 252 valence electrons. The van der Waals surface area contributed by atoms with E-state index in [0.29, 0.717) is 34.7 Å². The second kappa shape index (κ2) is 12.9. The summed E-state index contributed by atoms with van der Waals surface area (Å²) in [5, 5.41) is 11.4. The predicted molar refractivity (Wildman–Crippen MR) is 192 cm³/mol. The molecule has 2 amide bonds. The van der Waals surface area contributed by atoms with Gasteiger partial charge in [-0.1, -0.05) is 78.4 Å². The number of amides is 2. The van der Waals surface area contributed by atoms with Gasteiger partial charge in [0, 0.05) is 45.9 Å². The van der Waals surface area contributed by atoms with Crippen LogP contribution in [0.1, 0.15) is 45.8 Å². The zero-order valence-corrected chi connectivity index (χ0v) is 28.7. The number of fused-ring (bicyclic) bond motifs is 3. The first-order valence-electron chi connectivity index (χ1n) is 16.7. The number of halogens is 1. The fraction of sp³-hybridized carbons (Fsp3) is 0.167. The van der Waals surface area contributed by atoms with Gasteiger partial charge in [0.05, 0.1) is 22.0 Å². The topological polar surface area (TPSA) is 118 Å². The SMILES string of the molecule is O=C1C=C(Br)C(=O)C2=C1[C@@H](c1ccc(OCc3ccccc3)cc1O)C1=CC[C@@H]3C(=O)N(c4ccc(C(=O)c5ccccc5)cc4)C(=O)[C@@H]3[C@@H]1C2. The Bertz CT molecular complexity index is 2240. The molecule has 4 aliphatic rings. The van der Waals surface area contributed by atoms with Gasteiger partial charge in [-0.25, -0.2) is 0 Å². The quantitative estimate of drug-likeness (QED) is 0.0925. The molecule has 3 aliphatic carbocycles. The molecule has 1 aliphatic heterocycles. The van der Waals surface area contributed by atoms with Gasteiger partial charge in [0.25, 0.3) is 0 Å². The second-order valence-electron chi connectivity index (χ2n) is 13.1. The third-order valence-electron chi connectivity index (χ3n) is 10.3.